The van der Waals surface area contributed by atoms with E-state index in [9.17, 15) is 18.8 Å². The maximum Gasteiger partial charge on any atom is 0.340 e. The molecule has 0 aliphatic rings. The highest BCUT2D eigenvalue weighted by Crippen LogP contribution is 2.14. The Labute approximate surface area is 120 Å². The average molecular weight is 297 g/mol. The van der Waals surface area contributed by atoms with Gasteiger partial charge in [0.1, 0.15) is 5.82 Å². The van der Waals surface area contributed by atoms with Crippen LogP contribution in [0.25, 0.3) is 0 Å². The Morgan fingerprint density at radius 1 is 1.33 bits per heavy atom. The van der Waals surface area contributed by atoms with Crippen molar-refractivity contribution in [2.24, 2.45) is 0 Å². The third kappa shape index (κ3) is 5.09. The second-order valence-electron chi connectivity index (χ2n) is 4.37. The zero-order valence-corrected chi connectivity index (χ0v) is 11.7. The lowest BCUT2D eigenvalue weighted by molar-refractivity contribution is -0.131. The Kier molecular flexibility index (Phi) is 5.65. The molecule has 2 amide bonds. The van der Waals surface area contributed by atoms with Gasteiger partial charge in [-0.25, -0.2) is 9.18 Å². The Balaban J connectivity index is 2.46. The Morgan fingerprint density at radius 2 is 2.00 bits per heavy atom. The fourth-order valence-corrected chi connectivity index (χ4v) is 1.31. The van der Waals surface area contributed by atoms with Gasteiger partial charge < -0.3 is 20.7 Å². The molecule has 0 radical (unpaired) electrons. The fraction of sp³-hybridized carbons (Fsp3) is 0.308. The molecule has 0 saturated carbocycles. The standard InChI is InChI=1S/C13H16FN3O4/c1-17(2)12(19)6-16-11(18)7-21-13(20)9-4-3-8(14)5-10(9)15/h3-5H,6-7,15H2,1-2H3,(H,16,18). The summed E-state index contributed by atoms with van der Waals surface area (Å²) in [6.45, 7) is -0.752. The van der Waals surface area contributed by atoms with E-state index in [1.807, 2.05) is 0 Å². The molecule has 0 fully saturated rings. The van der Waals surface area contributed by atoms with Gasteiger partial charge in [-0.15, -0.1) is 0 Å². The van der Waals surface area contributed by atoms with E-state index in [-0.39, 0.29) is 23.7 Å². The second kappa shape index (κ2) is 7.22. The third-order valence-electron chi connectivity index (χ3n) is 2.50. The van der Waals surface area contributed by atoms with Gasteiger partial charge in [0, 0.05) is 19.8 Å². The molecule has 7 nitrogen and oxygen atoms in total. The van der Waals surface area contributed by atoms with Crippen molar-refractivity contribution in [2.75, 3.05) is 33.0 Å². The average Bonchev–Trinajstić information content (AvgIpc) is 2.41. The van der Waals surface area contributed by atoms with Gasteiger partial charge in [-0.3, -0.25) is 9.59 Å². The summed E-state index contributed by atoms with van der Waals surface area (Å²) in [4.78, 5) is 35.6. The Morgan fingerprint density at radius 3 is 2.57 bits per heavy atom. The van der Waals surface area contributed by atoms with Crippen molar-refractivity contribution >= 4 is 23.5 Å². The van der Waals surface area contributed by atoms with Crippen molar-refractivity contribution in [3.05, 3.63) is 29.6 Å². The van der Waals surface area contributed by atoms with Gasteiger partial charge >= 0.3 is 5.97 Å². The lowest BCUT2D eigenvalue weighted by Gasteiger charge is -2.11. The van der Waals surface area contributed by atoms with Gasteiger partial charge in [0.2, 0.25) is 5.91 Å². The van der Waals surface area contributed by atoms with E-state index in [1.165, 1.54) is 11.0 Å². The molecular formula is C13H16FN3O4. The number of benzene rings is 1. The molecule has 3 N–H and O–H groups in total. The number of likely N-dealkylation sites (N-methyl/N-ethyl adjacent to an activating group) is 1. The van der Waals surface area contributed by atoms with Crippen LogP contribution in [0.2, 0.25) is 0 Å². The third-order valence-corrected chi connectivity index (χ3v) is 2.50. The number of amides is 2. The van der Waals surface area contributed by atoms with Crippen molar-refractivity contribution in [1.29, 1.82) is 0 Å². The van der Waals surface area contributed by atoms with Crippen LogP contribution in [0.5, 0.6) is 0 Å². The highest BCUT2D eigenvalue weighted by atomic mass is 19.1. The van der Waals surface area contributed by atoms with E-state index < -0.39 is 24.3 Å². The van der Waals surface area contributed by atoms with Crippen LogP contribution in [0.1, 0.15) is 10.4 Å². The number of rotatable bonds is 5. The summed E-state index contributed by atoms with van der Waals surface area (Å²) in [6.07, 6.45) is 0. The number of ether oxygens (including phenoxy) is 1. The molecule has 1 aromatic carbocycles. The summed E-state index contributed by atoms with van der Waals surface area (Å²) in [6, 6.07) is 3.20. The molecule has 0 spiro atoms. The number of carbonyl (C=O) groups is 3. The SMILES string of the molecule is CN(C)C(=O)CNC(=O)COC(=O)c1ccc(F)cc1N. The predicted molar refractivity (Wildman–Crippen MR) is 72.8 cm³/mol. The maximum atomic E-state index is 12.8. The van der Waals surface area contributed by atoms with Gasteiger partial charge in [-0.05, 0) is 18.2 Å². The number of anilines is 1. The summed E-state index contributed by atoms with van der Waals surface area (Å²) in [5.74, 6) is -2.35. The zero-order valence-electron chi connectivity index (χ0n) is 11.7. The summed E-state index contributed by atoms with van der Waals surface area (Å²) in [5.41, 5.74) is 5.35. The topological polar surface area (TPSA) is 102 Å². The number of carbonyl (C=O) groups excluding carboxylic acids is 3. The molecule has 0 atom stereocenters. The van der Waals surface area contributed by atoms with Crippen LogP contribution in [0.15, 0.2) is 18.2 Å². The van der Waals surface area contributed by atoms with E-state index in [2.05, 4.69) is 5.32 Å². The van der Waals surface area contributed by atoms with Crippen molar-refractivity contribution in [2.45, 2.75) is 0 Å². The molecule has 0 aliphatic heterocycles. The molecule has 0 aromatic heterocycles. The number of hydrogen-bond donors (Lipinski definition) is 2. The van der Waals surface area contributed by atoms with Crippen LogP contribution >= 0.6 is 0 Å². The van der Waals surface area contributed by atoms with Crippen molar-refractivity contribution in [3.63, 3.8) is 0 Å². The maximum absolute atomic E-state index is 12.8. The molecule has 8 heteroatoms. The fourth-order valence-electron chi connectivity index (χ4n) is 1.31. The lowest BCUT2D eigenvalue weighted by Crippen LogP contribution is -2.38. The Hall–Kier alpha value is -2.64. The minimum atomic E-state index is -0.846. The first kappa shape index (κ1) is 16.4. The molecule has 0 saturated heterocycles. The lowest BCUT2D eigenvalue weighted by atomic mass is 10.2. The largest absolute Gasteiger partial charge is 0.452 e. The number of nitrogens with one attached hydrogen (secondary N) is 1. The van der Waals surface area contributed by atoms with E-state index >= 15 is 0 Å². The van der Waals surface area contributed by atoms with Crippen molar-refractivity contribution in [3.8, 4) is 0 Å². The number of halogens is 1. The van der Waals surface area contributed by atoms with E-state index in [0.29, 0.717) is 0 Å². The molecule has 0 bridgehead atoms. The summed E-state index contributed by atoms with van der Waals surface area (Å²) in [7, 11) is 3.09. The van der Waals surface area contributed by atoms with Crippen LogP contribution in [0, 0.1) is 5.82 Å². The molecule has 0 aliphatic carbocycles. The first-order chi connectivity index (χ1) is 9.81. The molecular weight excluding hydrogens is 281 g/mol. The van der Waals surface area contributed by atoms with Gasteiger partial charge in [-0.2, -0.15) is 0 Å². The zero-order chi connectivity index (χ0) is 16.0. The molecule has 1 rings (SSSR count). The monoisotopic (exact) mass is 297 g/mol. The van der Waals surface area contributed by atoms with Gasteiger partial charge in [0.25, 0.3) is 5.91 Å². The van der Waals surface area contributed by atoms with E-state index in [1.54, 1.807) is 14.1 Å². The highest BCUT2D eigenvalue weighted by molar-refractivity contribution is 5.96. The molecule has 21 heavy (non-hydrogen) atoms. The Bertz CT molecular complexity index is 560. The van der Waals surface area contributed by atoms with Gasteiger partial charge in [0.05, 0.1) is 12.1 Å². The van der Waals surface area contributed by atoms with Gasteiger partial charge in [0.15, 0.2) is 6.61 Å². The number of nitrogen functional groups attached to an aromatic ring is 1. The summed E-state index contributed by atoms with van der Waals surface area (Å²) >= 11 is 0. The molecule has 114 valence electrons. The number of hydrogen-bond acceptors (Lipinski definition) is 5. The second-order valence-corrected chi connectivity index (χ2v) is 4.37. The summed E-state index contributed by atoms with van der Waals surface area (Å²) in [5, 5.41) is 2.30. The highest BCUT2D eigenvalue weighted by Gasteiger charge is 2.14. The van der Waals surface area contributed by atoms with Crippen molar-refractivity contribution in [1.82, 2.24) is 10.2 Å². The molecule has 0 heterocycles. The first-order valence-corrected chi connectivity index (χ1v) is 6.00. The predicted octanol–water partition coefficient (Wildman–Crippen LogP) is -0.231. The van der Waals surface area contributed by atoms with Crippen LogP contribution in [-0.2, 0) is 14.3 Å². The quantitative estimate of drug-likeness (QED) is 0.577. The minimum Gasteiger partial charge on any atom is -0.452 e. The van der Waals surface area contributed by atoms with E-state index in [0.717, 1.165) is 12.1 Å². The van der Waals surface area contributed by atoms with Crippen LogP contribution in [0.3, 0.4) is 0 Å². The first-order valence-electron chi connectivity index (χ1n) is 6.00. The minimum absolute atomic E-state index is 0.0337. The van der Waals surface area contributed by atoms with E-state index in [4.69, 9.17) is 10.5 Å². The smallest absolute Gasteiger partial charge is 0.340 e. The number of nitrogens with zero attached hydrogens (tertiary/aromatic N) is 1. The number of nitrogens with two attached hydrogens (primary N) is 1. The van der Waals surface area contributed by atoms with Gasteiger partial charge in [-0.1, -0.05) is 0 Å². The van der Waals surface area contributed by atoms with Crippen LogP contribution < -0.4 is 11.1 Å². The molecule has 0 unspecified atom stereocenters. The normalized spacial score (nSPS) is 9.86. The van der Waals surface area contributed by atoms with Crippen molar-refractivity contribution < 1.29 is 23.5 Å². The van der Waals surface area contributed by atoms with Crippen LogP contribution in [-0.4, -0.2) is 49.9 Å². The summed E-state index contributed by atoms with van der Waals surface area (Å²) < 4.78 is 17.6. The number of esters is 1. The van der Waals surface area contributed by atoms with Crippen LogP contribution in [0.4, 0.5) is 10.1 Å². The molecule has 1 aromatic rings.